The Morgan fingerprint density at radius 3 is 2.21 bits per heavy atom. The van der Waals surface area contributed by atoms with Gasteiger partial charge in [-0.25, -0.2) is 4.39 Å². The maximum absolute atomic E-state index is 13.4. The number of benzene rings is 2. The van der Waals surface area contributed by atoms with Crippen LogP contribution in [-0.2, 0) is 17.6 Å². The molecule has 0 heterocycles. The molecule has 0 amide bonds. The summed E-state index contributed by atoms with van der Waals surface area (Å²) in [5.74, 6) is -0.499. The van der Waals surface area contributed by atoms with Crippen LogP contribution in [0.15, 0.2) is 42.5 Å². The third-order valence-corrected chi connectivity index (χ3v) is 3.49. The number of hydrogen-bond acceptors (Lipinski definition) is 1. The highest BCUT2D eigenvalue weighted by Gasteiger charge is 2.13. The highest BCUT2D eigenvalue weighted by molar-refractivity contribution is 6.36. The molecule has 98 valence electrons. The maximum Gasteiger partial charge on any atom is 0.141 e. The average Bonchev–Trinajstić information content (AvgIpc) is 2.37. The maximum atomic E-state index is 13.4. The summed E-state index contributed by atoms with van der Waals surface area (Å²) in [5.41, 5.74) is 0.975. The lowest BCUT2D eigenvalue weighted by Crippen LogP contribution is -2.08. The molecule has 1 nitrogen and oxygen atoms in total. The van der Waals surface area contributed by atoms with E-state index < -0.39 is 0 Å². The minimum Gasteiger partial charge on any atom is -0.299 e. The monoisotopic (exact) mass is 296 g/mol. The zero-order chi connectivity index (χ0) is 13.8. The van der Waals surface area contributed by atoms with Crippen LogP contribution in [0.25, 0.3) is 0 Å². The fraction of sp³-hybridized carbons (Fsp3) is 0.133. The molecule has 2 aromatic carbocycles. The highest BCUT2D eigenvalue weighted by Crippen LogP contribution is 2.25. The van der Waals surface area contributed by atoms with Crippen molar-refractivity contribution in [3.8, 4) is 0 Å². The summed E-state index contributed by atoms with van der Waals surface area (Å²) in [6.07, 6.45) is 0.140. The number of rotatable bonds is 4. The number of Topliss-reactive ketones (excluding diaryl/α,β-unsaturated/α-hetero) is 1. The van der Waals surface area contributed by atoms with E-state index in [2.05, 4.69) is 0 Å². The van der Waals surface area contributed by atoms with Crippen LogP contribution in [-0.4, -0.2) is 5.78 Å². The largest absolute Gasteiger partial charge is 0.299 e. The zero-order valence-electron chi connectivity index (χ0n) is 10.00. The van der Waals surface area contributed by atoms with Gasteiger partial charge in [0.15, 0.2) is 0 Å². The summed E-state index contributed by atoms with van der Waals surface area (Å²) in [4.78, 5) is 12.0. The van der Waals surface area contributed by atoms with Crippen molar-refractivity contribution in [2.24, 2.45) is 0 Å². The first-order chi connectivity index (χ1) is 9.08. The van der Waals surface area contributed by atoms with Crippen LogP contribution in [0.4, 0.5) is 4.39 Å². The van der Waals surface area contributed by atoms with Crippen LogP contribution in [0, 0.1) is 5.82 Å². The number of carbonyl (C=O) groups is 1. The molecule has 19 heavy (non-hydrogen) atoms. The van der Waals surface area contributed by atoms with Gasteiger partial charge < -0.3 is 0 Å². The van der Waals surface area contributed by atoms with Crippen molar-refractivity contribution in [2.75, 3.05) is 0 Å². The molecule has 0 fully saturated rings. The average molecular weight is 297 g/mol. The second-order valence-electron chi connectivity index (χ2n) is 4.18. The molecule has 2 aromatic rings. The number of hydrogen-bond donors (Lipinski definition) is 0. The minimum atomic E-state index is -0.374. The van der Waals surface area contributed by atoms with E-state index in [4.69, 9.17) is 23.2 Å². The summed E-state index contributed by atoms with van der Waals surface area (Å²) < 4.78 is 13.4. The molecule has 0 saturated heterocycles. The Hall–Kier alpha value is -1.38. The normalized spacial score (nSPS) is 10.5. The summed E-state index contributed by atoms with van der Waals surface area (Å²) in [5, 5.41) is 0.906. The van der Waals surface area contributed by atoms with E-state index in [-0.39, 0.29) is 24.4 Å². The van der Waals surface area contributed by atoms with E-state index in [1.807, 2.05) is 0 Å². The zero-order valence-corrected chi connectivity index (χ0v) is 11.5. The van der Waals surface area contributed by atoms with E-state index in [0.29, 0.717) is 21.2 Å². The van der Waals surface area contributed by atoms with Crippen LogP contribution in [0.2, 0.25) is 10.0 Å². The third-order valence-electron chi connectivity index (χ3n) is 2.78. The van der Waals surface area contributed by atoms with Gasteiger partial charge in [-0.3, -0.25) is 4.79 Å². The predicted octanol–water partition coefficient (Wildman–Crippen LogP) is 4.49. The molecule has 0 N–H and O–H groups in total. The second-order valence-corrected chi connectivity index (χ2v) is 5.00. The highest BCUT2D eigenvalue weighted by atomic mass is 35.5. The van der Waals surface area contributed by atoms with Gasteiger partial charge in [0.05, 0.1) is 0 Å². The fourth-order valence-corrected chi connectivity index (χ4v) is 2.35. The van der Waals surface area contributed by atoms with Gasteiger partial charge in [0, 0.05) is 22.9 Å². The van der Waals surface area contributed by atoms with Gasteiger partial charge in [-0.15, -0.1) is 0 Å². The van der Waals surface area contributed by atoms with Crippen molar-refractivity contribution < 1.29 is 9.18 Å². The SMILES string of the molecule is O=C(Cc1ccccc1F)Cc1c(Cl)cccc1Cl. The lowest BCUT2D eigenvalue weighted by Gasteiger charge is -2.06. The third kappa shape index (κ3) is 3.55. The predicted molar refractivity (Wildman–Crippen MR) is 75.3 cm³/mol. The van der Waals surface area contributed by atoms with E-state index in [1.165, 1.54) is 6.07 Å². The minimum absolute atomic E-state index is 0.0359. The standard InChI is InChI=1S/C15H11Cl2FO/c16-13-5-3-6-14(17)12(13)9-11(19)8-10-4-1-2-7-15(10)18/h1-7H,8-9H2. The molecule has 0 aliphatic heterocycles. The molecule has 0 saturated carbocycles. The van der Waals surface area contributed by atoms with E-state index in [1.54, 1.807) is 36.4 Å². The van der Waals surface area contributed by atoms with Crippen LogP contribution in [0.1, 0.15) is 11.1 Å². The number of halogens is 3. The van der Waals surface area contributed by atoms with Gasteiger partial charge >= 0.3 is 0 Å². The molecule has 4 heteroatoms. The Bertz CT molecular complexity index is 591. The quantitative estimate of drug-likeness (QED) is 0.812. The first kappa shape index (κ1) is 14.0. The summed E-state index contributed by atoms with van der Waals surface area (Å²) in [6, 6.07) is 11.3. The van der Waals surface area contributed by atoms with Crippen LogP contribution in [0.5, 0.6) is 0 Å². The van der Waals surface area contributed by atoms with Crippen molar-refractivity contribution >= 4 is 29.0 Å². The van der Waals surface area contributed by atoms with Crippen LogP contribution < -0.4 is 0 Å². The number of carbonyl (C=O) groups excluding carboxylic acids is 1. The first-order valence-corrected chi connectivity index (χ1v) is 6.51. The Labute approximate surface area is 121 Å². The molecule has 2 rings (SSSR count). The van der Waals surface area contributed by atoms with E-state index in [9.17, 15) is 9.18 Å². The van der Waals surface area contributed by atoms with E-state index in [0.717, 1.165) is 0 Å². The van der Waals surface area contributed by atoms with Gasteiger partial charge in [-0.1, -0.05) is 47.5 Å². The molecule has 0 bridgehead atoms. The molecule has 0 radical (unpaired) electrons. The lowest BCUT2D eigenvalue weighted by atomic mass is 10.0. The fourth-order valence-electron chi connectivity index (χ4n) is 1.82. The second kappa shape index (κ2) is 6.18. The van der Waals surface area contributed by atoms with Crippen LogP contribution in [0.3, 0.4) is 0 Å². The lowest BCUT2D eigenvalue weighted by molar-refractivity contribution is -0.117. The smallest absolute Gasteiger partial charge is 0.141 e. The van der Waals surface area contributed by atoms with Gasteiger partial charge in [-0.2, -0.15) is 0 Å². The van der Waals surface area contributed by atoms with Crippen molar-refractivity contribution in [1.82, 2.24) is 0 Å². The molecule has 0 aliphatic carbocycles. The Kier molecular flexibility index (Phi) is 4.56. The Morgan fingerprint density at radius 1 is 0.947 bits per heavy atom. The van der Waals surface area contributed by atoms with Crippen molar-refractivity contribution in [2.45, 2.75) is 12.8 Å². The number of ketones is 1. The van der Waals surface area contributed by atoms with Gasteiger partial charge in [0.1, 0.15) is 11.6 Å². The topological polar surface area (TPSA) is 17.1 Å². The molecule has 0 atom stereocenters. The van der Waals surface area contributed by atoms with Gasteiger partial charge in [-0.05, 0) is 29.3 Å². The molecule has 0 aromatic heterocycles. The summed E-state index contributed by atoms with van der Waals surface area (Å²) in [7, 11) is 0. The molecule has 0 aliphatic rings. The van der Waals surface area contributed by atoms with Crippen molar-refractivity contribution in [3.63, 3.8) is 0 Å². The molecule has 0 spiro atoms. The first-order valence-electron chi connectivity index (χ1n) is 5.76. The molecular formula is C15H11Cl2FO. The van der Waals surface area contributed by atoms with Crippen molar-refractivity contribution in [3.05, 3.63) is 69.5 Å². The molecular weight excluding hydrogens is 286 g/mol. The van der Waals surface area contributed by atoms with Gasteiger partial charge in [0.2, 0.25) is 0 Å². The van der Waals surface area contributed by atoms with Crippen LogP contribution >= 0.6 is 23.2 Å². The Morgan fingerprint density at radius 2 is 1.58 bits per heavy atom. The van der Waals surface area contributed by atoms with Crippen molar-refractivity contribution in [1.29, 1.82) is 0 Å². The molecule has 0 unspecified atom stereocenters. The van der Waals surface area contributed by atoms with Gasteiger partial charge in [0.25, 0.3) is 0 Å². The summed E-state index contributed by atoms with van der Waals surface area (Å²) >= 11 is 12.0. The summed E-state index contributed by atoms with van der Waals surface area (Å²) in [6.45, 7) is 0. The van der Waals surface area contributed by atoms with E-state index >= 15 is 0 Å². The Balaban J connectivity index is 2.12.